The fourth-order valence-corrected chi connectivity index (χ4v) is 6.87. The average Bonchev–Trinajstić information content (AvgIpc) is 3.65. The van der Waals surface area contributed by atoms with E-state index in [2.05, 4.69) is 103 Å². The SMILES string of the molecule is c1ccc2c(c1)oc1c(-c3ccc(-c4cnc5c6ccccc6c6ccccc6c5n4)cc3)c3oc4ccccc4c3cc12. The Morgan fingerprint density at radius 3 is 1.48 bits per heavy atom. The van der Waals surface area contributed by atoms with E-state index in [1.807, 2.05) is 30.5 Å². The van der Waals surface area contributed by atoms with Crippen LogP contribution in [0.15, 0.2) is 142 Å². The van der Waals surface area contributed by atoms with Crippen LogP contribution in [0, 0.1) is 0 Å². The monoisotopic (exact) mass is 562 g/mol. The molecule has 204 valence electrons. The lowest BCUT2D eigenvalue weighted by atomic mass is 9.97. The number of rotatable bonds is 2. The van der Waals surface area contributed by atoms with Crippen molar-refractivity contribution in [3.05, 3.63) is 134 Å². The van der Waals surface area contributed by atoms with Crippen molar-refractivity contribution in [1.82, 2.24) is 9.97 Å². The van der Waals surface area contributed by atoms with E-state index < -0.39 is 0 Å². The first-order valence-corrected chi connectivity index (χ1v) is 14.7. The maximum Gasteiger partial charge on any atom is 0.147 e. The van der Waals surface area contributed by atoms with E-state index in [1.165, 1.54) is 10.8 Å². The van der Waals surface area contributed by atoms with Gasteiger partial charge in [0.25, 0.3) is 0 Å². The minimum atomic E-state index is 0.828. The van der Waals surface area contributed by atoms with Crippen molar-refractivity contribution < 1.29 is 8.83 Å². The Labute approximate surface area is 250 Å². The van der Waals surface area contributed by atoms with Gasteiger partial charge in [0.2, 0.25) is 0 Å². The predicted molar refractivity (Wildman–Crippen MR) is 180 cm³/mol. The number of hydrogen-bond donors (Lipinski definition) is 0. The molecule has 0 fully saturated rings. The fourth-order valence-electron chi connectivity index (χ4n) is 6.87. The zero-order valence-corrected chi connectivity index (χ0v) is 23.4. The number of hydrogen-bond acceptors (Lipinski definition) is 4. The van der Waals surface area contributed by atoms with Crippen molar-refractivity contribution in [2.24, 2.45) is 0 Å². The molecule has 0 spiro atoms. The smallest absolute Gasteiger partial charge is 0.147 e. The molecule has 0 unspecified atom stereocenters. The summed E-state index contributed by atoms with van der Waals surface area (Å²) >= 11 is 0. The fraction of sp³-hybridized carbons (Fsp3) is 0. The van der Waals surface area contributed by atoms with Crippen LogP contribution in [-0.4, -0.2) is 9.97 Å². The van der Waals surface area contributed by atoms with Crippen LogP contribution in [-0.2, 0) is 0 Å². The molecule has 0 saturated heterocycles. The van der Waals surface area contributed by atoms with Gasteiger partial charge in [0.05, 0.1) is 28.5 Å². The van der Waals surface area contributed by atoms with Gasteiger partial charge in [0.1, 0.15) is 22.3 Å². The highest BCUT2D eigenvalue weighted by molar-refractivity contribution is 6.24. The van der Waals surface area contributed by atoms with E-state index in [-0.39, 0.29) is 0 Å². The molecule has 3 heterocycles. The maximum absolute atomic E-state index is 6.50. The van der Waals surface area contributed by atoms with Gasteiger partial charge in [-0.15, -0.1) is 0 Å². The van der Waals surface area contributed by atoms with E-state index in [1.54, 1.807) is 0 Å². The number of benzene rings is 7. The van der Waals surface area contributed by atoms with Gasteiger partial charge in [-0.25, -0.2) is 4.98 Å². The first kappa shape index (κ1) is 23.6. The molecule has 0 aliphatic carbocycles. The second-order valence-corrected chi connectivity index (χ2v) is 11.3. The van der Waals surface area contributed by atoms with Crippen molar-refractivity contribution in [2.75, 3.05) is 0 Å². The van der Waals surface area contributed by atoms with Crippen LogP contribution < -0.4 is 0 Å². The van der Waals surface area contributed by atoms with Crippen molar-refractivity contribution in [1.29, 1.82) is 0 Å². The van der Waals surface area contributed by atoms with Crippen LogP contribution in [0.3, 0.4) is 0 Å². The van der Waals surface area contributed by atoms with Gasteiger partial charge < -0.3 is 8.83 Å². The highest BCUT2D eigenvalue weighted by atomic mass is 16.3. The molecular weight excluding hydrogens is 540 g/mol. The third-order valence-corrected chi connectivity index (χ3v) is 8.91. The number of furan rings is 2. The van der Waals surface area contributed by atoms with E-state index >= 15 is 0 Å². The summed E-state index contributed by atoms with van der Waals surface area (Å²) in [5, 5.41) is 8.96. The molecule has 3 aromatic heterocycles. The number of fused-ring (bicyclic) bond motifs is 12. The summed E-state index contributed by atoms with van der Waals surface area (Å²) in [6, 6.07) is 44.0. The first-order valence-electron chi connectivity index (χ1n) is 14.7. The van der Waals surface area contributed by atoms with E-state index in [4.69, 9.17) is 18.8 Å². The molecule has 0 aliphatic heterocycles. The Morgan fingerprint density at radius 2 is 0.886 bits per heavy atom. The molecular formula is C40H22N2O2. The van der Waals surface area contributed by atoms with Crippen molar-refractivity contribution >= 4 is 76.5 Å². The second-order valence-electron chi connectivity index (χ2n) is 11.3. The minimum Gasteiger partial charge on any atom is -0.455 e. The van der Waals surface area contributed by atoms with Gasteiger partial charge in [0.15, 0.2) is 0 Å². The van der Waals surface area contributed by atoms with Crippen LogP contribution in [0.25, 0.3) is 98.8 Å². The molecule has 7 aromatic carbocycles. The third kappa shape index (κ3) is 3.22. The summed E-state index contributed by atoms with van der Waals surface area (Å²) in [5.41, 5.74) is 9.03. The lowest BCUT2D eigenvalue weighted by molar-refractivity contribution is 0.658. The Balaban J connectivity index is 1.19. The van der Waals surface area contributed by atoms with Crippen molar-refractivity contribution in [3.8, 4) is 22.4 Å². The van der Waals surface area contributed by atoms with Gasteiger partial charge >= 0.3 is 0 Å². The van der Waals surface area contributed by atoms with Gasteiger partial charge in [0, 0.05) is 37.9 Å². The van der Waals surface area contributed by atoms with Gasteiger partial charge in [-0.3, -0.25) is 4.98 Å². The molecule has 44 heavy (non-hydrogen) atoms. The van der Waals surface area contributed by atoms with Crippen LogP contribution in [0.4, 0.5) is 0 Å². The van der Waals surface area contributed by atoms with E-state index in [0.717, 1.165) is 88.1 Å². The highest BCUT2D eigenvalue weighted by Crippen LogP contribution is 2.44. The normalized spacial score (nSPS) is 12.1. The number of aromatic nitrogens is 2. The molecule has 0 amide bonds. The Kier molecular flexibility index (Phi) is 4.69. The minimum absolute atomic E-state index is 0.828. The molecule has 0 atom stereocenters. The molecule has 0 aliphatic rings. The molecule has 0 bridgehead atoms. The average molecular weight is 563 g/mol. The molecule has 0 saturated carbocycles. The Morgan fingerprint density at radius 1 is 0.409 bits per heavy atom. The predicted octanol–water partition coefficient (Wildman–Crippen LogP) is 11.1. The summed E-state index contributed by atoms with van der Waals surface area (Å²) in [6.07, 6.45) is 1.88. The Hall–Kier alpha value is -6.00. The molecule has 0 radical (unpaired) electrons. The zero-order valence-electron chi connectivity index (χ0n) is 23.4. The van der Waals surface area contributed by atoms with Gasteiger partial charge in [-0.2, -0.15) is 0 Å². The summed E-state index contributed by atoms with van der Waals surface area (Å²) < 4.78 is 13.0. The third-order valence-electron chi connectivity index (χ3n) is 8.91. The van der Waals surface area contributed by atoms with E-state index in [9.17, 15) is 0 Å². The quantitative estimate of drug-likeness (QED) is 0.197. The summed E-state index contributed by atoms with van der Waals surface area (Å²) in [5.74, 6) is 0. The summed E-state index contributed by atoms with van der Waals surface area (Å²) in [4.78, 5) is 10.1. The topological polar surface area (TPSA) is 52.1 Å². The Bertz CT molecular complexity index is 2650. The largest absolute Gasteiger partial charge is 0.455 e. The van der Waals surface area contributed by atoms with Crippen molar-refractivity contribution in [2.45, 2.75) is 0 Å². The molecule has 10 rings (SSSR count). The number of para-hydroxylation sites is 2. The summed E-state index contributed by atoms with van der Waals surface area (Å²) in [6.45, 7) is 0. The lowest BCUT2D eigenvalue weighted by Gasteiger charge is -2.11. The van der Waals surface area contributed by atoms with Crippen LogP contribution in [0.2, 0.25) is 0 Å². The second kappa shape index (κ2) is 8.76. The van der Waals surface area contributed by atoms with Crippen LogP contribution in [0.1, 0.15) is 0 Å². The molecule has 4 nitrogen and oxygen atoms in total. The summed E-state index contributed by atoms with van der Waals surface area (Å²) in [7, 11) is 0. The van der Waals surface area contributed by atoms with Gasteiger partial charge in [-0.1, -0.05) is 109 Å². The maximum atomic E-state index is 6.50. The van der Waals surface area contributed by atoms with Gasteiger partial charge in [-0.05, 0) is 34.5 Å². The standard InChI is InChI=1S/C40H22N2O2/c1-3-13-29-25(9-1)26-10-2-4-14-30(26)38-37(29)41-22-33(42-38)23-17-19-24(20-18-23)36-39-31(27-11-5-7-15-34(27)43-39)21-32-28-12-6-8-16-35(28)44-40(32)36/h1-22H. The van der Waals surface area contributed by atoms with Crippen molar-refractivity contribution in [3.63, 3.8) is 0 Å². The molecule has 0 N–H and O–H groups in total. The van der Waals surface area contributed by atoms with E-state index in [0.29, 0.717) is 0 Å². The van der Waals surface area contributed by atoms with Crippen LogP contribution in [0.5, 0.6) is 0 Å². The highest BCUT2D eigenvalue weighted by Gasteiger charge is 2.21. The molecule has 10 aromatic rings. The molecule has 4 heteroatoms. The lowest BCUT2D eigenvalue weighted by Crippen LogP contribution is -1.92. The number of nitrogens with zero attached hydrogens (tertiary/aromatic N) is 2. The van der Waals surface area contributed by atoms with Crippen LogP contribution >= 0.6 is 0 Å². The zero-order chi connectivity index (χ0) is 28.8. The first-order chi connectivity index (χ1) is 21.8.